The topological polar surface area (TPSA) is 66.8 Å². The molecule has 1 unspecified atom stereocenters. The number of Topliss-reactive ketones (excluding diaryl/α,β-unsaturated/α-hetero) is 1. The first-order chi connectivity index (χ1) is 12.5. The third-order valence-corrected chi connectivity index (χ3v) is 5.89. The average Bonchev–Trinajstić information content (AvgIpc) is 3.34. The van der Waals surface area contributed by atoms with Gasteiger partial charge in [-0.15, -0.1) is 22.7 Å². The summed E-state index contributed by atoms with van der Waals surface area (Å²) >= 11 is 2.78. The van der Waals surface area contributed by atoms with Crippen LogP contribution < -0.4 is 0 Å². The first-order valence-corrected chi connectivity index (χ1v) is 10.2. The van der Waals surface area contributed by atoms with E-state index in [0.29, 0.717) is 24.4 Å². The molecular weight excluding hydrogens is 370 g/mol. The van der Waals surface area contributed by atoms with Gasteiger partial charge >= 0.3 is 0 Å². The van der Waals surface area contributed by atoms with E-state index in [2.05, 4.69) is 0 Å². The highest BCUT2D eigenvalue weighted by Gasteiger charge is 2.44. The number of ether oxygens (including phenoxy) is 1. The van der Waals surface area contributed by atoms with Crippen LogP contribution in [-0.4, -0.2) is 41.0 Å². The van der Waals surface area contributed by atoms with E-state index in [9.17, 15) is 14.7 Å². The third-order valence-electron chi connectivity index (χ3n) is 4.10. The van der Waals surface area contributed by atoms with E-state index in [1.165, 1.54) is 22.7 Å². The first-order valence-electron chi connectivity index (χ1n) is 8.48. The molecule has 0 aliphatic carbocycles. The number of aliphatic hydroxyl groups is 1. The van der Waals surface area contributed by atoms with Crippen LogP contribution in [0.5, 0.6) is 0 Å². The predicted octanol–water partition coefficient (Wildman–Crippen LogP) is 4.20. The van der Waals surface area contributed by atoms with Gasteiger partial charge in [0.2, 0.25) is 5.78 Å². The van der Waals surface area contributed by atoms with Crippen molar-refractivity contribution in [2.45, 2.75) is 32.4 Å². The van der Waals surface area contributed by atoms with Crippen molar-refractivity contribution in [1.82, 2.24) is 4.90 Å². The second kappa shape index (κ2) is 8.16. The number of rotatable bonds is 8. The van der Waals surface area contributed by atoms with E-state index in [4.69, 9.17) is 4.74 Å². The lowest BCUT2D eigenvalue weighted by Crippen LogP contribution is -2.32. The Morgan fingerprint density at radius 2 is 2.00 bits per heavy atom. The third kappa shape index (κ3) is 3.75. The highest BCUT2D eigenvalue weighted by atomic mass is 32.1. The van der Waals surface area contributed by atoms with Crippen LogP contribution in [0.25, 0.3) is 0 Å². The minimum absolute atomic E-state index is 0.125. The molecule has 2 aromatic heterocycles. The van der Waals surface area contributed by atoms with Crippen LogP contribution in [0.4, 0.5) is 0 Å². The Bertz CT molecular complexity index is 794. The van der Waals surface area contributed by atoms with Gasteiger partial charge in [0.05, 0.1) is 22.6 Å². The highest BCUT2D eigenvalue weighted by molar-refractivity contribution is 7.12. The summed E-state index contributed by atoms with van der Waals surface area (Å²) in [6.45, 7) is 4.86. The largest absolute Gasteiger partial charge is 0.503 e. The van der Waals surface area contributed by atoms with E-state index in [0.717, 1.165) is 4.88 Å². The normalized spacial score (nSPS) is 17.6. The molecule has 3 rings (SSSR count). The number of thiophene rings is 2. The molecule has 1 N–H and O–H groups in total. The monoisotopic (exact) mass is 391 g/mol. The van der Waals surface area contributed by atoms with Gasteiger partial charge in [-0.25, -0.2) is 0 Å². The van der Waals surface area contributed by atoms with Crippen molar-refractivity contribution >= 4 is 34.4 Å². The number of carbonyl (C=O) groups excluding carboxylic acids is 2. The SMILES string of the molecule is CC(C)OCCCN1C(=O)C(O)=C(C(=O)c2cccs2)C1c1cccs1. The van der Waals surface area contributed by atoms with Crippen molar-refractivity contribution in [3.63, 3.8) is 0 Å². The van der Waals surface area contributed by atoms with Crippen LogP contribution in [0.1, 0.15) is 40.9 Å². The van der Waals surface area contributed by atoms with Crippen molar-refractivity contribution in [1.29, 1.82) is 0 Å². The van der Waals surface area contributed by atoms with Gasteiger partial charge in [0.25, 0.3) is 5.91 Å². The maximum Gasteiger partial charge on any atom is 0.290 e. The summed E-state index contributed by atoms with van der Waals surface area (Å²) in [6, 6.07) is 6.72. The van der Waals surface area contributed by atoms with Crippen LogP contribution >= 0.6 is 22.7 Å². The quantitative estimate of drug-likeness (QED) is 0.541. The van der Waals surface area contributed by atoms with Crippen LogP contribution in [0.3, 0.4) is 0 Å². The molecule has 138 valence electrons. The van der Waals surface area contributed by atoms with Gasteiger partial charge in [-0.05, 0) is 43.2 Å². The van der Waals surface area contributed by atoms with Gasteiger partial charge in [-0.1, -0.05) is 12.1 Å². The molecule has 1 aliphatic heterocycles. The minimum Gasteiger partial charge on any atom is -0.503 e. The number of hydrogen-bond donors (Lipinski definition) is 1. The first kappa shape index (κ1) is 18.8. The lowest BCUT2D eigenvalue weighted by atomic mass is 10.0. The van der Waals surface area contributed by atoms with Gasteiger partial charge in [0.1, 0.15) is 0 Å². The van der Waals surface area contributed by atoms with Crippen LogP contribution in [0.15, 0.2) is 46.4 Å². The summed E-state index contributed by atoms with van der Waals surface area (Å²) in [5, 5.41) is 14.2. The summed E-state index contributed by atoms with van der Waals surface area (Å²) in [6.07, 6.45) is 0.763. The Balaban J connectivity index is 1.87. The van der Waals surface area contributed by atoms with Crippen LogP contribution in [0.2, 0.25) is 0 Å². The molecule has 1 aliphatic rings. The minimum atomic E-state index is -0.545. The predicted molar refractivity (Wildman–Crippen MR) is 103 cm³/mol. The molecule has 3 heterocycles. The zero-order valence-corrected chi connectivity index (χ0v) is 16.3. The van der Waals surface area contributed by atoms with Gasteiger partial charge in [-0.3, -0.25) is 9.59 Å². The Hall–Kier alpha value is -1.96. The Labute approximate surface area is 160 Å². The van der Waals surface area contributed by atoms with Gasteiger partial charge in [0.15, 0.2) is 5.76 Å². The summed E-state index contributed by atoms with van der Waals surface area (Å²) in [7, 11) is 0. The molecule has 7 heteroatoms. The van der Waals surface area contributed by atoms with Crippen LogP contribution in [-0.2, 0) is 9.53 Å². The van der Waals surface area contributed by atoms with Crippen molar-refractivity contribution in [2.75, 3.05) is 13.2 Å². The van der Waals surface area contributed by atoms with Crippen LogP contribution in [0, 0.1) is 0 Å². The van der Waals surface area contributed by atoms with E-state index < -0.39 is 17.7 Å². The summed E-state index contributed by atoms with van der Waals surface area (Å²) in [4.78, 5) is 28.5. The molecule has 0 spiro atoms. The average molecular weight is 392 g/mol. The lowest BCUT2D eigenvalue weighted by Gasteiger charge is -2.25. The van der Waals surface area contributed by atoms with Gasteiger partial charge < -0.3 is 14.7 Å². The summed E-state index contributed by atoms with van der Waals surface area (Å²) in [5.74, 6) is -1.22. The maximum absolute atomic E-state index is 12.9. The standard InChI is InChI=1S/C19H21NO4S2/c1-12(2)24-9-5-8-20-16(13-6-3-10-25-13)15(18(22)19(20)23)17(21)14-7-4-11-26-14/h3-4,6-7,10-12,16,22H,5,8-9H2,1-2H3. The molecule has 0 aromatic carbocycles. The Kier molecular flexibility index (Phi) is 5.90. The Morgan fingerprint density at radius 3 is 2.62 bits per heavy atom. The Morgan fingerprint density at radius 1 is 1.27 bits per heavy atom. The summed E-state index contributed by atoms with van der Waals surface area (Å²) < 4.78 is 5.55. The zero-order chi connectivity index (χ0) is 18.7. The van der Waals surface area contributed by atoms with Gasteiger partial charge in [-0.2, -0.15) is 0 Å². The molecule has 0 fully saturated rings. The number of aliphatic hydroxyl groups excluding tert-OH is 1. The molecule has 2 aromatic rings. The second-order valence-corrected chi connectivity index (χ2v) is 8.19. The molecular formula is C19H21NO4S2. The summed E-state index contributed by atoms with van der Waals surface area (Å²) in [5.41, 5.74) is 0.171. The fourth-order valence-corrected chi connectivity index (χ4v) is 4.48. The fraction of sp³-hybridized carbons (Fsp3) is 0.368. The lowest BCUT2D eigenvalue weighted by molar-refractivity contribution is -0.129. The number of ketones is 1. The fourth-order valence-electron chi connectivity index (χ4n) is 2.95. The number of amides is 1. The van der Waals surface area contributed by atoms with Crippen molar-refractivity contribution in [3.8, 4) is 0 Å². The molecule has 5 nitrogen and oxygen atoms in total. The molecule has 0 saturated carbocycles. The van der Waals surface area contributed by atoms with E-state index in [1.54, 1.807) is 17.0 Å². The number of nitrogens with zero attached hydrogens (tertiary/aromatic N) is 1. The molecule has 0 bridgehead atoms. The van der Waals surface area contributed by atoms with Crippen molar-refractivity contribution in [3.05, 3.63) is 56.1 Å². The van der Waals surface area contributed by atoms with E-state index >= 15 is 0 Å². The van der Waals surface area contributed by atoms with E-state index in [1.807, 2.05) is 36.7 Å². The highest BCUT2D eigenvalue weighted by Crippen LogP contribution is 2.41. The van der Waals surface area contributed by atoms with Gasteiger partial charge in [0, 0.05) is 18.0 Å². The molecule has 1 amide bonds. The van der Waals surface area contributed by atoms with E-state index in [-0.39, 0.29) is 17.5 Å². The smallest absolute Gasteiger partial charge is 0.290 e. The number of carbonyl (C=O) groups is 2. The van der Waals surface area contributed by atoms with Crippen molar-refractivity contribution in [2.24, 2.45) is 0 Å². The molecule has 1 atom stereocenters. The molecule has 0 saturated heterocycles. The second-order valence-electron chi connectivity index (χ2n) is 6.26. The maximum atomic E-state index is 12.9. The zero-order valence-electron chi connectivity index (χ0n) is 14.7. The molecule has 0 radical (unpaired) electrons. The number of hydrogen-bond acceptors (Lipinski definition) is 6. The van der Waals surface area contributed by atoms with Crippen molar-refractivity contribution < 1.29 is 19.4 Å². The molecule has 26 heavy (non-hydrogen) atoms.